The maximum absolute atomic E-state index is 15.4. The van der Waals surface area contributed by atoms with Crippen molar-refractivity contribution in [3.63, 3.8) is 0 Å². The third-order valence-corrected chi connectivity index (χ3v) is 7.57. The van der Waals surface area contributed by atoms with Gasteiger partial charge in [0.1, 0.15) is 17.7 Å². The van der Waals surface area contributed by atoms with Gasteiger partial charge in [-0.15, -0.1) is 11.8 Å². The molecule has 9 heteroatoms. The Morgan fingerprint density at radius 2 is 1.92 bits per heavy atom. The quantitative estimate of drug-likeness (QED) is 0.325. The molecule has 4 rings (SSSR count). The topological polar surface area (TPSA) is 60.3 Å². The molecule has 2 heterocycles. The van der Waals surface area contributed by atoms with Crippen LogP contribution in [0.1, 0.15) is 17.2 Å². The summed E-state index contributed by atoms with van der Waals surface area (Å²) in [6, 6.07) is 12.2. The van der Waals surface area contributed by atoms with Gasteiger partial charge in [-0.1, -0.05) is 43.5 Å². The number of ether oxygens (including phenoxy) is 1. The predicted octanol–water partition coefficient (Wildman–Crippen LogP) is 6.69. The molecule has 1 aliphatic heterocycles. The smallest absolute Gasteiger partial charge is 0.260 e. The Labute approximate surface area is 222 Å². The molecule has 1 aliphatic rings. The number of rotatable bonds is 8. The number of hydrogen-bond donors (Lipinski definition) is 1. The van der Waals surface area contributed by atoms with Crippen molar-refractivity contribution in [1.82, 2.24) is 4.57 Å². The molecule has 196 valence electrons. The fourth-order valence-electron chi connectivity index (χ4n) is 4.44. The van der Waals surface area contributed by atoms with Gasteiger partial charge in [-0.3, -0.25) is 14.2 Å². The molecule has 0 radical (unpaired) electrons. The van der Waals surface area contributed by atoms with Gasteiger partial charge < -0.3 is 10.1 Å². The number of fused-ring (bicyclic) bond motifs is 1. The van der Waals surface area contributed by atoms with E-state index in [4.69, 9.17) is 4.74 Å². The van der Waals surface area contributed by atoms with Crippen molar-refractivity contribution in [1.29, 1.82) is 0 Å². The highest BCUT2D eigenvalue weighted by Crippen LogP contribution is 2.41. The second-order valence-corrected chi connectivity index (χ2v) is 9.58. The molecule has 0 spiro atoms. The summed E-state index contributed by atoms with van der Waals surface area (Å²) in [6.45, 7) is 8.20. The van der Waals surface area contributed by atoms with E-state index in [0.29, 0.717) is 21.8 Å². The summed E-state index contributed by atoms with van der Waals surface area (Å²) in [7, 11) is 1.30. The van der Waals surface area contributed by atoms with Gasteiger partial charge in [-0.2, -0.15) is 0 Å². The Bertz CT molecular complexity index is 1530. The zero-order chi connectivity index (χ0) is 27.6. The number of aromatic nitrogens is 1. The molecule has 1 amide bonds. The minimum absolute atomic E-state index is 0.0250. The third-order valence-electron chi connectivity index (χ3n) is 6.37. The molecule has 2 aromatic carbocycles. The van der Waals surface area contributed by atoms with Crippen LogP contribution in [0.15, 0.2) is 94.8 Å². The number of allylic oxidation sites excluding steroid dienone is 4. The first-order valence-electron chi connectivity index (χ1n) is 11.6. The predicted molar refractivity (Wildman–Crippen MR) is 145 cm³/mol. The second-order valence-electron chi connectivity index (χ2n) is 8.58. The van der Waals surface area contributed by atoms with Gasteiger partial charge in [0, 0.05) is 29.0 Å². The number of nitrogens with one attached hydrogen (secondary N) is 1. The average Bonchev–Trinajstić information content (AvgIpc) is 3.35. The third kappa shape index (κ3) is 4.93. The first-order valence-corrected chi connectivity index (χ1v) is 12.6. The zero-order valence-corrected chi connectivity index (χ0v) is 21.6. The van der Waals surface area contributed by atoms with E-state index < -0.39 is 35.0 Å². The summed E-state index contributed by atoms with van der Waals surface area (Å²) in [6.07, 6.45) is 0.587. The van der Waals surface area contributed by atoms with Crippen LogP contribution < -0.4 is 15.6 Å². The fourth-order valence-corrected chi connectivity index (χ4v) is 5.80. The van der Waals surface area contributed by atoms with Crippen LogP contribution in [0.4, 0.5) is 18.9 Å². The molecule has 0 saturated heterocycles. The van der Waals surface area contributed by atoms with Crippen LogP contribution in [0, 0.1) is 12.7 Å². The number of nitrogens with zero attached hydrogens (tertiary/aromatic N) is 1. The molecule has 1 atom stereocenters. The van der Waals surface area contributed by atoms with Gasteiger partial charge in [0.05, 0.1) is 17.7 Å². The van der Waals surface area contributed by atoms with Crippen molar-refractivity contribution >= 4 is 23.4 Å². The number of pyridine rings is 1. The lowest BCUT2D eigenvalue weighted by atomic mass is 9.93. The largest absolute Gasteiger partial charge is 0.494 e. The standard InChI is InChI=1S/C29H25F3N2O3S/c1-5-22(31)21(17(3)30)14-20-16(2)25(19-12-9-13-24(37-4)26(19)32)28(36)34-23(15-38-29(20)34)27(35)33-18-10-7-6-8-11-18/h5-13,23H,1,3,14-15H2,2,4H3,(H,33,35)/b22-21+. The summed E-state index contributed by atoms with van der Waals surface area (Å²) in [5, 5.41) is 3.18. The van der Waals surface area contributed by atoms with E-state index in [1.165, 1.54) is 41.6 Å². The van der Waals surface area contributed by atoms with Gasteiger partial charge in [-0.05, 0) is 42.3 Å². The van der Waals surface area contributed by atoms with E-state index in [2.05, 4.69) is 18.5 Å². The second kappa shape index (κ2) is 11.2. The molecule has 0 fully saturated rings. The summed E-state index contributed by atoms with van der Waals surface area (Å²) in [4.78, 5) is 27.2. The molecular formula is C29H25F3N2O3S. The van der Waals surface area contributed by atoms with Gasteiger partial charge in [0.25, 0.3) is 5.56 Å². The van der Waals surface area contributed by atoms with E-state index in [1.54, 1.807) is 37.3 Å². The number of amides is 1. The molecule has 1 unspecified atom stereocenters. The average molecular weight is 539 g/mol. The van der Waals surface area contributed by atoms with E-state index in [0.717, 1.165) is 6.08 Å². The Morgan fingerprint density at radius 3 is 2.55 bits per heavy atom. The number of anilines is 1. The maximum atomic E-state index is 15.4. The van der Waals surface area contributed by atoms with Crippen LogP contribution in [0.5, 0.6) is 5.75 Å². The van der Waals surface area contributed by atoms with Gasteiger partial charge in [-0.25, -0.2) is 13.2 Å². The molecule has 0 bridgehead atoms. The number of carbonyl (C=O) groups excluding carboxylic acids is 1. The highest BCUT2D eigenvalue weighted by molar-refractivity contribution is 7.99. The number of para-hydroxylation sites is 1. The number of methoxy groups -OCH3 is 1. The minimum Gasteiger partial charge on any atom is -0.494 e. The van der Waals surface area contributed by atoms with Crippen LogP contribution in [-0.4, -0.2) is 23.3 Å². The molecule has 1 aromatic heterocycles. The highest BCUT2D eigenvalue weighted by Gasteiger charge is 2.35. The Balaban J connectivity index is 1.97. The number of halogens is 3. The Morgan fingerprint density at radius 1 is 1.21 bits per heavy atom. The van der Waals surface area contributed by atoms with Crippen molar-refractivity contribution in [2.45, 2.75) is 24.4 Å². The lowest BCUT2D eigenvalue weighted by Crippen LogP contribution is -2.34. The Hall–Kier alpha value is -3.98. The number of hydrogen-bond acceptors (Lipinski definition) is 4. The molecular weight excluding hydrogens is 513 g/mol. The summed E-state index contributed by atoms with van der Waals surface area (Å²) in [5.74, 6) is -2.99. The van der Waals surface area contributed by atoms with Crippen LogP contribution in [0.25, 0.3) is 11.1 Å². The lowest BCUT2D eigenvalue weighted by molar-refractivity contribution is -0.118. The first-order chi connectivity index (χ1) is 18.2. The monoisotopic (exact) mass is 538 g/mol. The number of carbonyl (C=O) groups is 1. The summed E-state index contributed by atoms with van der Waals surface area (Å²) in [5.41, 5.74) is 0.245. The maximum Gasteiger partial charge on any atom is 0.260 e. The van der Waals surface area contributed by atoms with Gasteiger partial charge in [0.2, 0.25) is 5.91 Å². The molecule has 38 heavy (non-hydrogen) atoms. The SMILES string of the molecule is C=C/C(F)=C(/Cc1c(C)c(-c2cccc(OC)c2F)c(=O)n2c1SCC2C(=O)Nc1ccccc1)C(=C)F. The lowest BCUT2D eigenvalue weighted by Gasteiger charge is -2.21. The number of benzene rings is 2. The molecule has 3 aromatic rings. The summed E-state index contributed by atoms with van der Waals surface area (Å²) < 4.78 is 50.7. The van der Waals surface area contributed by atoms with Crippen molar-refractivity contribution in [3.8, 4) is 16.9 Å². The van der Waals surface area contributed by atoms with Crippen LogP contribution in [0.3, 0.4) is 0 Å². The molecule has 0 saturated carbocycles. The Kier molecular flexibility index (Phi) is 7.97. The zero-order valence-electron chi connectivity index (χ0n) is 20.8. The van der Waals surface area contributed by atoms with Gasteiger partial charge in [0.15, 0.2) is 11.6 Å². The normalized spacial score (nSPS) is 14.9. The van der Waals surface area contributed by atoms with E-state index >= 15 is 4.39 Å². The highest BCUT2D eigenvalue weighted by atomic mass is 32.2. The first kappa shape index (κ1) is 27.1. The van der Waals surface area contributed by atoms with Gasteiger partial charge >= 0.3 is 0 Å². The van der Waals surface area contributed by atoms with Crippen molar-refractivity contribution in [3.05, 3.63) is 112 Å². The van der Waals surface area contributed by atoms with E-state index in [1.807, 2.05) is 0 Å². The molecule has 1 N–H and O–H groups in total. The fraction of sp³-hybridized carbons (Fsp3) is 0.172. The van der Waals surface area contributed by atoms with E-state index in [9.17, 15) is 18.4 Å². The molecule has 5 nitrogen and oxygen atoms in total. The van der Waals surface area contributed by atoms with Crippen molar-refractivity contribution in [2.24, 2.45) is 0 Å². The van der Waals surface area contributed by atoms with Crippen molar-refractivity contribution < 1.29 is 22.7 Å². The minimum atomic E-state index is -0.998. The van der Waals surface area contributed by atoms with E-state index in [-0.39, 0.29) is 34.6 Å². The summed E-state index contributed by atoms with van der Waals surface area (Å²) >= 11 is 1.22. The van der Waals surface area contributed by atoms with Crippen LogP contribution >= 0.6 is 11.8 Å². The number of thioether (sulfide) groups is 1. The van der Waals surface area contributed by atoms with Crippen LogP contribution in [-0.2, 0) is 11.2 Å². The van der Waals surface area contributed by atoms with Crippen molar-refractivity contribution in [2.75, 3.05) is 18.2 Å². The van der Waals surface area contributed by atoms with Crippen LogP contribution in [0.2, 0.25) is 0 Å². The molecule has 0 aliphatic carbocycles.